The molecule has 21 heavy (non-hydrogen) atoms. The van der Waals surface area contributed by atoms with Crippen molar-refractivity contribution in [3.63, 3.8) is 0 Å². The summed E-state index contributed by atoms with van der Waals surface area (Å²) in [5, 5.41) is 0. The van der Waals surface area contributed by atoms with Crippen molar-refractivity contribution >= 4 is 10.0 Å². The maximum atomic E-state index is 13.0. The first kappa shape index (κ1) is 16.3. The lowest BCUT2D eigenvalue weighted by Gasteiger charge is -2.23. The average molecular weight is 321 g/mol. The van der Waals surface area contributed by atoms with Crippen molar-refractivity contribution < 1.29 is 21.6 Å². The number of rotatable bonds is 6. The third-order valence-corrected chi connectivity index (χ3v) is 5.48. The van der Waals surface area contributed by atoms with E-state index in [-0.39, 0.29) is 12.6 Å². The number of hydrogen-bond donors (Lipinski definition) is 0. The molecule has 0 aromatic heterocycles. The molecule has 1 aromatic carbocycles. The maximum absolute atomic E-state index is 13.0. The summed E-state index contributed by atoms with van der Waals surface area (Å²) in [4.78, 5) is -0.638. The summed E-state index contributed by atoms with van der Waals surface area (Å²) in [6, 6.07) is 4.24. The van der Waals surface area contributed by atoms with Crippen LogP contribution in [0.25, 0.3) is 0 Å². The fourth-order valence-electron chi connectivity index (χ4n) is 2.23. The van der Waals surface area contributed by atoms with E-state index in [2.05, 4.69) is 0 Å². The molecular weight excluding hydrogens is 303 g/mol. The third kappa shape index (κ3) is 3.58. The van der Waals surface area contributed by atoms with Gasteiger partial charge in [0.1, 0.15) is 0 Å². The molecule has 0 unspecified atom stereocenters. The van der Waals surface area contributed by atoms with Gasteiger partial charge >= 0.3 is 6.18 Å². The molecule has 1 aromatic rings. The molecule has 0 aliphatic heterocycles. The summed E-state index contributed by atoms with van der Waals surface area (Å²) >= 11 is 0. The van der Waals surface area contributed by atoms with Gasteiger partial charge in [-0.2, -0.15) is 17.5 Å². The highest BCUT2D eigenvalue weighted by Gasteiger charge is 2.42. The van der Waals surface area contributed by atoms with Crippen LogP contribution in [-0.4, -0.2) is 25.3 Å². The van der Waals surface area contributed by atoms with Crippen molar-refractivity contribution in [1.82, 2.24) is 4.31 Å². The summed E-state index contributed by atoms with van der Waals surface area (Å²) in [5.41, 5.74) is -1.09. The highest BCUT2D eigenvalue weighted by atomic mass is 32.2. The molecule has 0 radical (unpaired) electrons. The summed E-state index contributed by atoms with van der Waals surface area (Å²) in [5.74, 6) is 0. The zero-order chi connectivity index (χ0) is 15.7. The maximum Gasteiger partial charge on any atom is 0.417 e. The lowest BCUT2D eigenvalue weighted by Crippen LogP contribution is -2.35. The van der Waals surface area contributed by atoms with E-state index >= 15 is 0 Å². The molecule has 3 nitrogen and oxygen atoms in total. The Bertz CT molecular complexity index is 594. The quantitative estimate of drug-likeness (QED) is 0.802. The van der Waals surface area contributed by atoms with Crippen LogP contribution < -0.4 is 0 Å². The minimum absolute atomic E-state index is 0.150. The Morgan fingerprint density at radius 1 is 1.24 bits per heavy atom. The molecule has 1 fully saturated rings. The average Bonchev–Trinajstić information content (AvgIpc) is 3.22. The van der Waals surface area contributed by atoms with Gasteiger partial charge in [0.15, 0.2) is 0 Å². The van der Waals surface area contributed by atoms with Gasteiger partial charge in [0.05, 0.1) is 10.5 Å². The largest absolute Gasteiger partial charge is 0.417 e. The van der Waals surface area contributed by atoms with E-state index in [9.17, 15) is 21.6 Å². The number of alkyl halides is 3. The fourth-order valence-corrected chi connectivity index (χ4v) is 4.17. The first-order valence-electron chi connectivity index (χ1n) is 6.96. The van der Waals surface area contributed by atoms with E-state index in [1.165, 1.54) is 16.4 Å². The standard InChI is InChI=1S/C14H18F3NO2S/c1-2-3-10-18(11-8-9-11)21(19,20)13-7-5-4-6-12(13)14(15,16)17/h4-7,11H,2-3,8-10H2,1H3. The third-order valence-electron chi connectivity index (χ3n) is 3.47. The van der Waals surface area contributed by atoms with Crippen molar-refractivity contribution in [1.29, 1.82) is 0 Å². The number of hydrogen-bond acceptors (Lipinski definition) is 2. The first-order chi connectivity index (χ1) is 9.78. The van der Waals surface area contributed by atoms with Gasteiger partial charge in [0.25, 0.3) is 0 Å². The van der Waals surface area contributed by atoms with Gasteiger partial charge in [0, 0.05) is 12.6 Å². The predicted octanol–water partition coefficient (Wildman–Crippen LogP) is 3.66. The molecule has 0 spiro atoms. The van der Waals surface area contributed by atoms with Crippen LogP contribution in [0.5, 0.6) is 0 Å². The van der Waals surface area contributed by atoms with Crippen LogP contribution in [-0.2, 0) is 16.2 Å². The molecule has 1 aliphatic rings. The van der Waals surface area contributed by atoms with Crippen LogP contribution >= 0.6 is 0 Å². The van der Waals surface area contributed by atoms with Crippen LogP contribution in [0.2, 0.25) is 0 Å². The van der Waals surface area contributed by atoms with Crippen molar-refractivity contribution in [3.8, 4) is 0 Å². The molecule has 2 rings (SSSR count). The van der Waals surface area contributed by atoms with Crippen molar-refractivity contribution in [2.75, 3.05) is 6.54 Å². The molecule has 1 saturated carbocycles. The molecule has 0 N–H and O–H groups in total. The van der Waals surface area contributed by atoms with Gasteiger partial charge in [-0.3, -0.25) is 0 Å². The molecule has 0 bridgehead atoms. The van der Waals surface area contributed by atoms with Gasteiger partial charge in [-0.1, -0.05) is 25.5 Å². The summed E-state index contributed by atoms with van der Waals surface area (Å²) in [6.45, 7) is 2.19. The highest BCUT2D eigenvalue weighted by Crippen LogP contribution is 2.38. The minimum Gasteiger partial charge on any atom is -0.207 e. The van der Waals surface area contributed by atoms with Gasteiger partial charge in [0.2, 0.25) is 10.0 Å². The normalized spacial score (nSPS) is 16.4. The Labute approximate surface area is 122 Å². The van der Waals surface area contributed by atoms with E-state index in [1.54, 1.807) is 0 Å². The van der Waals surface area contributed by atoms with Gasteiger partial charge in [-0.15, -0.1) is 0 Å². The molecule has 0 saturated heterocycles. The first-order valence-corrected chi connectivity index (χ1v) is 8.40. The summed E-state index contributed by atoms with van der Waals surface area (Å²) < 4.78 is 65.5. The smallest absolute Gasteiger partial charge is 0.207 e. The SMILES string of the molecule is CCCCN(C1CC1)S(=O)(=O)c1ccccc1C(F)(F)F. The zero-order valence-corrected chi connectivity index (χ0v) is 12.5. The fraction of sp³-hybridized carbons (Fsp3) is 0.571. The van der Waals surface area contributed by atoms with E-state index in [0.29, 0.717) is 6.42 Å². The Kier molecular flexibility index (Phi) is 4.63. The highest BCUT2D eigenvalue weighted by molar-refractivity contribution is 7.89. The van der Waals surface area contributed by atoms with Crippen LogP contribution in [0.15, 0.2) is 29.2 Å². The Morgan fingerprint density at radius 3 is 2.38 bits per heavy atom. The second-order valence-electron chi connectivity index (χ2n) is 5.19. The van der Waals surface area contributed by atoms with Crippen molar-refractivity contribution in [2.45, 2.75) is 49.7 Å². The van der Waals surface area contributed by atoms with Crippen LogP contribution in [0.1, 0.15) is 38.2 Å². The van der Waals surface area contributed by atoms with E-state index in [0.717, 1.165) is 31.4 Å². The predicted molar refractivity (Wildman–Crippen MR) is 73.3 cm³/mol. The van der Waals surface area contributed by atoms with E-state index in [4.69, 9.17) is 0 Å². The molecule has 1 aliphatic carbocycles. The second kappa shape index (κ2) is 5.96. The molecule has 0 amide bonds. The van der Waals surface area contributed by atoms with Crippen molar-refractivity contribution in [2.24, 2.45) is 0 Å². The van der Waals surface area contributed by atoms with Crippen LogP contribution in [0.4, 0.5) is 13.2 Å². The monoisotopic (exact) mass is 321 g/mol. The lowest BCUT2D eigenvalue weighted by atomic mass is 10.2. The van der Waals surface area contributed by atoms with E-state index < -0.39 is 26.7 Å². The number of unbranched alkanes of at least 4 members (excludes halogenated alkanes) is 1. The topological polar surface area (TPSA) is 37.4 Å². The van der Waals surface area contributed by atoms with Crippen molar-refractivity contribution in [3.05, 3.63) is 29.8 Å². The molecule has 0 atom stereocenters. The van der Waals surface area contributed by atoms with Crippen LogP contribution in [0.3, 0.4) is 0 Å². The number of benzene rings is 1. The van der Waals surface area contributed by atoms with Crippen LogP contribution in [0, 0.1) is 0 Å². The van der Waals surface area contributed by atoms with E-state index in [1.807, 2.05) is 6.92 Å². The van der Waals surface area contributed by atoms with Gasteiger partial charge in [-0.25, -0.2) is 8.42 Å². The Hall–Kier alpha value is -1.08. The Balaban J connectivity index is 2.43. The lowest BCUT2D eigenvalue weighted by molar-refractivity contribution is -0.139. The number of sulfonamides is 1. The summed E-state index contributed by atoms with van der Waals surface area (Å²) in [7, 11) is -4.11. The number of halogens is 3. The molecule has 0 heterocycles. The number of nitrogens with zero attached hydrogens (tertiary/aromatic N) is 1. The minimum atomic E-state index is -4.68. The second-order valence-corrected chi connectivity index (χ2v) is 7.05. The zero-order valence-electron chi connectivity index (χ0n) is 11.7. The summed E-state index contributed by atoms with van der Waals surface area (Å²) in [6.07, 6.45) is -1.80. The Morgan fingerprint density at radius 2 is 1.86 bits per heavy atom. The van der Waals surface area contributed by atoms with Gasteiger partial charge < -0.3 is 0 Å². The van der Waals surface area contributed by atoms with Gasteiger partial charge in [-0.05, 0) is 31.4 Å². The molecular formula is C14H18F3NO2S. The molecule has 118 valence electrons. The molecule has 7 heteroatoms.